The summed E-state index contributed by atoms with van der Waals surface area (Å²) in [5, 5.41) is 22.4. The third-order valence-electron chi connectivity index (χ3n) is 3.29. The molecule has 2 rings (SSSR count). The predicted octanol–water partition coefficient (Wildman–Crippen LogP) is 2.29. The molecule has 0 aliphatic carbocycles. The molecule has 0 saturated carbocycles. The van der Waals surface area contributed by atoms with Crippen molar-refractivity contribution in [1.29, 1.82) is 5.26 Å². The van der Waals surface area contributed by atoms with Crippen LogP contribution in [0.25, 0.3) is 0 Å². The second-order valence-electron chi connectivity index (χ2n) is 4.79. The first-order valence-corrected chi connectivity index (χ1v) is 6.68. The largest absolute Gasteiger partial charge is 0.496 e. The number of nitro groups is 1. The number of nitrogens with one attached hydrogen (secondary N) is 2. The third kappa shape index (κ3) is 3.47. The van der Waals surface area contributed by atoms with Crippen molar-refractivity contribution in [3.8, 4) is 11.8 Å². The highest BCUT2D eigenvalue weighted by Gasteiger charge is 2.19. The van der Waals surface area contributed by atoms with Gasteiger partial charge in [-0.15, -0.1) is 0 Å². The summed E-state index contributed by atoms with van der Waals surface area (Å²) >= 11 is 0. The van der Waals surface area contributed by atoms with Gasteiger partial charge in [0.1, 0.15) is 17.5 Å². The summed E-state index contributed by atoms with van der Waals surface area (Å²) in [5.74, 6) is 0.0140. The van der Waals surface area contributed by atoms with Crippen molar-refractivity contribution in [3.63, 3.8) is 0 Å². The van der Waals surface area contributed by atoms with E-state index >= 15 is 0 Å². The Bertz CT molecular complexity index is 791. The number of hydrogen-bond donors (Lipinski definition) is 2. The zero-order valence-electron chi connectivity index (χ0n) is 12.5. The van der Waals surface area contributed by atoms with Crippen molar-refractivity contribution in [1.82, 2.24) is 10.3 Å². The normalized spacial score (nSPS) is 11.3. The van der Waals surface area contributed by atoms with Crippen LogP contribution in [-0.4, -0.2) is 22.9 Å². The maximum atomic E-state index is 12.1. The third-order valence-corrected chi connectivity index (χ3v) is 3.29. The smallest absolute Gasteiger partial charge is 0.270 e. The Balaban J connectivity index is 2.24. The Kier molecular flexibility index (Phi) is 4.61. The predicted molar refractivity (Wildman–Crippen MR) is 81.0 cm³/mol. The Hall–Kier alpha value is -3.34. The first kappa shape index (κ1) is 16.0. The number of nitriles is 1. The van der Waals surface area contributed by atoms with E-state index in [1.165, 1.54) is 37.6 Å². The molecule has 0 aliphatic rings. The van der Waals surface area contributed by atoms with E-state index in [-0.39, 0.29) is 11.4 Å². The zero-order valence-corrected chi connectivity index (χ0v) is 12.5. The Morgan fingerprint density at radius 3 is 2.78 bits per heavy atom. The lowest BCUT2D eigenvalue weighted by atomic mass is 10.1. The fourth-order valence-electron chi connectivity index (χ4n) is 2.12. The molecule has 0 fully saturated rings. The van der Waals surface area contributed by atoms with Crippen molar-refractivity contribution in [2.24, 2.45) is 0 Å². The van der Waals surface area contributed by atoms with Crippen LogP contribution in [0.4, 0.5) is 5.69 Å². The van der Waals surface area contributed by atoms with Crippen molar-refractivity contribution in [2.45, 2.75) is 13.0 Å². The fraction of sp³-hybridized carbons (Fsp3) is 0.200. The minimum Gasteiger partial charge on any atom is -0.496 e. The number of benzene rings is 1. The molecule has 1 amide bonds. The lowest BCUT2D eigenvalue weighted by Gasteiger charge is -2.16. The molecule has 8 heteroatoms. The fourth-order valence-corrected chi connectivity index (χ4v) is 2.12. The van der Waals surface area contributed by atoms with Gasteiger partial charge in [-0.1, -0.05) is 0 Å². The maximum absolute atomic E-state index is 12.1. The highest BCUT2D eigenvalue weighted by atomic mass is 16.6. The molecule has 0 saturated heterocycles. The molecule has 2 N–H and O–H groups in total. The summed E-state index contributed by atoms with van der Waals surface area (Å²) in [4.78, 5) is 25.2. The SMILES string of the molecule is COc1ccc([N+](=O)[O-])cc1[C@H](C)NC(=O)c1cc(C#N)c[nH]1. The summed E-state index contributed by atoms with van der Waals surface area (Å²) in [6, 6.07) is 7.00. The maximum Gasteiger partial charge on any atom is 0.270 e. The Labute approximate surface area is 131 Å². The number of hydrogen-bond acceptors (Lipinski definition) is 5. The van der Waals surface area contributed by atoms with Crippen LogP contribution in [0.2, 0.25) is 0 Å². The second kappa shape index (κ2) is 6.62. The van der Waals surface area contributed by atoms with Crippen molar-refractivity contribution < 1.29 is 14.5 Å². The van der Waals surface area contributed by atoms with Gasteiger partial charge in [-0.2, -0.15) is 5.26 Å². The van der Waals surface area contributed by atoms with E-state index in [2.05, 4.69) is 10.3 Å². The topological polar surface area (TPSA) is 121 Å². The van der Waals surface area contributed by atoms with E-state index in [9.17, 15) is 14.9 Å². The number of non-ortho nitro benzene ring substituents is 1. The van der Waals surface area contributed by atoms with Crippen LogP contribution >= 0.6 is 0 Å². The molecule has 1 aromatic carbocycles. The second-order valence-corrected chi connectivity index (χ2v) is 4.79. The number of rotatable bonds is 5. The van der Waals surface area contributed by atoms with E-state index in [0.717, 1.165) is 0 Å². The summed E-state index contributed by atoms with van der Waals surface area (Å²) < 4.78 is 5.19. The Morgan fingerprint density at radius 2 is 2.22 bits per heavy atom. The molecular weight excluding hydrogens is 300 g/mol. The van der Waals surface area contributed by atoms with Gasteiger partial charge >= 0.3 is 0 Å². The van der Waals surface area contributed by atoms with Gasteiger partial charge in [-0.25, -0.2) is 0 Å². The van der Waals surface area contributed by atoms with Gasteiger partial charge in [0.05, 0.1) is 23.6 Å². The molecule has 0 aliphatic heterocycles. The Morgan fingerprint density at radius 1 is 1.48 bits per heavy atom. The van der Waals surface area contributed by atoms with E-state index in [1.807, 2.05) is 6.07 Å². The number of carbonyl (C=O) groups is 1. The van der Waals surface area contributed by atoms with Gasteiger partial charge in [-0.05, 0) is 19.1 Å². The highest BCUT2D eigenvalue weighted by Crippen LogP contribution is 2.29. The van der Waals surface area contributed by atoms with Gasteiger partial charge in [-0.3, -0.25) is 14.9 Å². The molecule has 0 spiro atoms. The standard InChI is InChI=1S/C15H14N4O4/c1-9(18-15(20)13-5-10(7-16)8-17-13)12-6-11(19(21)22)3-4-14(12)23-2/h3-6,8-9,17H,1-2H3,(H,18,20)/t9-/m0/s1. The first-order valence-electron chi connectivity index (χ1n) is 6.68. The molecule has 8 nitrogen and oxygen atoms in total. The lowest BCUT2D eigenvalue weighted by molar-refractivity contribution is -0.385. The molecule has 118 valence electrons. The number of ether oxygens (including phenoxy) is 1. The molecular formula is C15H14N4O4. The monoisotopic (exact) mass is 314 g/mol. The molecule has 0 radical (unpaired) electrons. The number of aromatic amines is 1. The number of nitrogens with zero attached hydrogens (tertiary/aromatic N) is 2. The van der Waals surface area contributed by atoms with E-state index in [0.29, 0.717) is 16.9 Å². The molecule has 23 heavy (non-hydrogen) atoms. The molecule has 0 bridgehead atoms. The van der Waals surface area contributed by atoms with Gasteiger partial charge < -0.3 is 15.0 Å². The van der Waals surface area contributed by atoms with Crippen LogP contribution in [0.15, 0.2) is 30.5 Å². The minimum absolute atomic E-state index is 0.0893. The van der Waals surface area contributed by atoms with Crippen molar-refractivity contribution in [2.75, 3.05) is 7.11 Å². The van der Waals surface area contributed by atoms with Gasteiger partial charge in [0.25, 0.3) is 11.6 Å². The number of carbonyl (C=O) groups excluding carboxylic acids is 1. The van der Waals surface area contributed by atoms with E-state index in [4.69, 9.17) is 10.00 Å². The summed E-state index contributed by atoms with van der Waals surface area (Å²) in [7, 11) is 1.45. The molecule has 2 aromatic rings. The van der Waals surface area contributed by atoms with Gasteiger partial charge in [0, 0.05) is 23.9 Å². The molecule has 0 unspecified atom stereocenters. The lowest BCUT2D eigenvalue weighted by Crippen LogP contribution is -2.27. The van der Waals surface area contributed by atoms with Crippen LogP contribution in [0, 0.1) is 21.4 Å². The van der Waals surface area contributed by atoms with Crippen LogP contribution in [-0.2, 0) is 0 Å². The molecule has 1 atom stereocenters. The number of nitro benzene ring substituents is 1. The molecule has 1 heterocycles. The van der Waals surface area contributed by atoms with Crippen molar-refractivity contribution >= 4 is 11.6 Å². The number of amides is 1. The van der Waals surface area contributed by atoms with Gasteiger partial charge in [0.2, 0.25) is 0 Å². The quantitative estimate of drug-likeness (QED) is 0.647. The average Bonchev–Trinajstić information content (AvgIpc) is 3.03. The van der Waals surface area contributed by atoms with E-state index in [1.54, 1.807) is 6.92 Å². The van der Waals surface area contributed by atoms with Crippen molar-refractivity contribution in [3.05, 3.63) is 57.4 Å². The number of H-pyrrole nitrogens is 1. The van der Waals surface area contributed by atoms with Crippen LogP contribution in [0.3, 0.4) is 0 Å². The first-order chi connectivity index (χ1) is 11.0. The van der Waals surface area contributed by atoms with Crippen LogP contribution < -0.4 is 10.1 Å². The number of aromatic nitrogens is 1. The minimum atomic E-state index is -0.522. The zero-order chi connectivity index (χ0) is 17.0. The van der Waals surface area contributed by atoms with E-state index < -0.39 is 16.9 Å². The summed E-state index contributed by atoms with van der Waals surface area (Å²) in [5.41, 5.74) is 0.976. The van der Waals surface area contributed by atoms with Gasteiger partial charge in [0.15, 0.2) is 0 Å². The summed E-state index contributed by atoms with van der Waals surface area (Å²) in [6.07, 6.45) is 1.42. The average molecular weight is 314 g/mol. The molecule has 1 aromatic heterocycles. The van der Waals surface area contributed by atoms with Crippen LogP contribution in [0.5, 0.6) is 5.75 Å². The number of methoxy groups -OCH3 is 1. The van der Waals surface area contributed by atoms with Crippen LogP contribution in [0.1, 0.15) is 34.6 Å². The summed E-state index contributed by atoms with van der Waals surface area (Å²) in [6.45, 7) is 1.69. The highest BCUT2D eigenvalue weighted by molar-refractivity contribution is 5.93.